The fourth-order valence-corrected chi connectivity index (χ4v) is 1.42. The molecule has 0 bridgehead atoms. The van der Waals surface area contributed by atoms with Crippen LogP contribution < -0.4 is 10.1 Å². The Morgan fingerprint density at radius 3 is 2.72 bits per heavy atom. The molecule has 0 fully saturated rings. The predicted molar refractivity (Wildman–Crippen MR) is 70.2 cm³/mol. The van der Waals surface area contributed by atoms with Gasteiger partial charge in [0.05, 0.1) is 5.60 Å². The zero-order valence-electron chi connectivity index (χ0n) is 11.3. The minimum absolute atomic E-state index is 0.203. The van der Waals surface area contributed by atoms with Crippen LogP contribution in [0.15, 0.2) is 18.2 Å². The van der Waals surface area contributed by atoms with Gasteiger partial charge in [0.25, 0.3) is 0 Å². The van der Waals surface area contributed by atoms with Gasteiger partial charge < -0.3 is 15.2 Å². The molecule has 0 aromatic heterocycles. The lowest BCUT2D eigenvalue weighted by atomic mass is 10.1. The Morgan fingerprint density at radius 1 is 1.39 bits per heavy atom. The van der Waals surface area contributed by atoms with Crippen LogP contribution in [0.1, 0.15) is 32.8 Å². The fraction of sp³-hybridized carbons (Fsp3) is 0.571. The molecule has 0 amide bonds. The Balaban J connectivity index is 2.74. The molecule has 0 aliphatic heterocycles. The van der Waals surface area contributed by atoms with Crippen molar-refractivity contribution >= 4 is 0 Å². The van der Waals surface area contributed by atoms with Gasteiger partial charge in [-0.15, -0.1) is 0 Å². The van der Waals surface area contributed by atoms with Crippen molar-refractivity contribution in [3.8, 4) is 5.75 Å². The Hall–Kier alpha value is -1.13. The predicted octanol–water partition coefficient (Wildman–Crippen LogP) is 2.48. The zero-order valence-corrected chi connectivity index (χ0v) is 11.3. The highest BCUT2D eigenvalue weighted by Crippen LogP contribution is 2.21. The molecule has 1 aromatic carbocycles. The molecule has 0 saturated carbocycles. The van der Waals surface area contributed by atoms with Gasteiger partial charge >= 0.3 is 0 Å². The van der Waals surface area contributed by atoms with E-state index >= 15 is 0 Å². The maximum Gasteiger partial charge on any atom is 0.124 e. The van der Waals surface area contributed by atoms with Gasteiger partial charge in [-0.3, -0.25) is 0 Å². The van der Waals surface area contributed by atoms with Gasteiger partial charge in [-0.2, -0.15) is 0 Å². The lowest BCUT2D eigenvalue weighted by molar-refractivity contribution is 0.00814. The third-order valence-corrected chi connectivity index (χ3v) is 2.89. The average Bonchev–Trinajstić information content (AvgIpc) is 2.35. The number of benzene rings is 1. The van der Waals surface area contributed by atoms with E-state index in [1.807, 2.05) is 13.8 Å². The number of nitrogens with one attached hydrogen (secondary N) is 1. The van der Waals surface area contributed by atoms with E-state index in [1.54, 1.807) is 13.0 Å². The SMILES string of the molecule is CCNCc1cc(F)ccc1OCC(C)(O)CC. The number of halogens is 1. The monoisotopic (exact) mass is 255 g/mol. The summed E-state index contributed by atoms with van der Waals surface area (Å²) in [6, 6.07) is 4.43. The highest BCUT2D eigenvalue weighted by Gasteiger charge is 2.19. The standard InChI is InChI=1S/C14H22FNO2/c1-4-14(3,17)10-18-13-7-6-12(15)8-11(13)9-16-5-2/h6-8,16-17H,4-5,9-10H2,1-3H3. The van der Waals surface area contributed by atoms with Crippen molar-refractivity contribution in [2.45, 2.75) is 39.3 Å². The molecule has 1 rings (SSSR count). The van der Waals surface area contributed by atoms with Gasteiger partial charge in [0.1, 0.15) is 18.2 Å². The summed E-state index contributed by atoms with van der Waals surface area (Å²) < 4.78 is 18.8. The topological polar surface area (TPSA) is 41.5 Å². The normalized spacial score (nSPS) is 14.3. The van der Waals surface area contributed by atoms with E-state index < -0.39 is 5.60 Å². The Labute approximate surface area is 108 Å². The third-order valence-electron chi connectivity index (χ3n) is 2.89. The molecule has 102 valence electrons. The van der Waals surface area contributed by atoms with Crippen molar-refractivity contribution in [3.63, 3.8) is 0 Å². The smallest absolute Gasteiger partial charge is 0.124 e. The summed E-state index contributed by atoms with van der Waals surface area (Å²) in [6.07, 6.45) is 0.608. The van der Waals surface area contributed by atoms with Gasteiger partial charge in [0.2, 0.25) is 0 Å². The highest BCUT2D eigenvalue weighted by atomic mass is 19.1. The molecule has 3 nitrogen and oxygen atoms in total. The molecule has 18 heavy (non-hydrogen) atoms. The molecule has 1 aromatic rings. The van der Waals surface area contributed by atoms with Crippen molar-refractivity contribution < 1.29 is 14.2 Å². The minimum atomic E-state index is -0.857. The first kappa shape index (κ1) is 14.9. The molecule has 0 heterocycles. The Bertz CT molecular complexity index is 380. The Kier molecular flexibility index (Phi) is 5.56. The van der Waals surface area contributed by atoms with Crippen molar-refractivity contribution in [2.75, 3.05) is 13.2 Å². The highest BCUT2D eigenvalue weighted by molar-refractivity contribution is 5.34. The molecular formula is C14H22FNO2. The quantitative estimate of drug-likeness (QED) is 0.786. The van der Waals surface area contributed by atoms with Gasteiger partial charge in [0, 0.05) is 12.1 Å². The summed E-state index contributed by atoms with van der Waals surface area (Å²) >= 11 is 0. The lowest BCUT2D eigenvalue weighted by Crippen LogP contribution is -2.31. The van der Waals surface area contributed by atoms with E-state index in [9.17, 15) is 9.50 Å². The second kappa shape index (κ2) is 6.71. The van der Waals surface area contributed by atoms with Crippen LogP contribution in [0.4, 0.5) is 4.39 Å². The maximum absolute atomic E-state index is 13.2. The maximum atomic E-state index is 13.2. The van der Waals surface area contributed by atoms with Crippen molar-refractivity contribution in [2.24, 2.45) is 0 Å². The third kappa shape index (κ3) is 4.63. The van der Waals surface area contributed by atoms with Crippen molar-refractivity contribution in [1.82, 2.24) is 5.32 Å². The van der Waals surface area contributed by atoms with Crippen LogP contribution in [0.5, 0.6) is 5.75 Å². The largest absolute Gasteiger partial charge is 0.490 e. The van der Waals surface area contributed by atoms with E-state index in [0.29, 0.717) is 18.7 Å². The van der Waals surface area contributed by atoms with Crippen LogP contribution in [0, 0.1) is 5.82 Å². The summed E-state index contributed by atoms with van der Waals surface area (Å²) in [7, 11) is 0. The molecule has 0 aliphatic rings. The number of aliphatic hydroxyl groups is 1. The molecule has 4 heteroatoms. The molecule has 0 radical (unpaired) electrons. The van der Waals surface area contributed by atoms with E-state index in [4.69, 9.17) is 4.74 Å². The average molecular weight is 255 g/mol. The van der Waals surface area contributed by atoms with Crippen molar-refractivity contribution in [3.05, 3.63) is 29.6 Å². The van der Waals surface area contributed by atoms with Gasteiger partial charge in [0.15, 0.2) is 0 Å². The van der Waals surface area contributed by atoms with Crippen LogP contribution in [0.2, 0.25) is 0 Å². The molecule has 2 N–H and O–H groups in total. The molecule has 0 aliphatic carbocycles. The summed E-state index contributed by atoms with van der Waals surface area (Å²) in [4.78, 5) is 0. The van der Waals surface area contributed by atoms with Crippen LogP contribution in [-0.2, 0) is 6.54 Å². The number of hydrogen-bond acceptors (Lipinski definition) is 3. The summed E-state index contributed by atoms with van der Waals surface area (Å²) in [5.41, 5.74) is -0.0899. The molecule has 1 unspecified atom stereocenters. The van der Waals surface area contributed by atoms with E-state index in [-0.39, 0.29) is 12.4 Å². The van der Waals surface area contributed by atoms with E-state index in [0.717, 1.165) is 12.1 Å². The van der Waals surface area contributed by atoms with Crippen LogP contribution in [0.25, 0.3) is 0 Å². The van der Waals surface area contributed by atoms with Gasteiger partial charge in [-0.05, 0) is 38.1 Å². The van der Waals surface area contributed by atoms with Crippen molar-refractivity contribution in [1.29, 1.82) is 0 Å². The first-order chi connectivity index (χ1) is 8.48. The number of ether oxygens (including phenoxy) is 1. The molecular weight excluding hydrogens is 233 g/mol. The minimum Gasteiger partial charge on any atom is -0.490 e. The van der Waals surface area contributed by atoms with Gasteiger partial charge in [-0.1, -0.05) is 13.8 Å². The van der Waals surface area contributed by atoms with E-state index in [2.05, 4.69) is 5.32 Å². The molecule has 0 saturated heterocycles. The lowest BCUT2D eigenvalue weighted by Gasteiger charge is -2.22. The summed E-state index contributed by atoms with van der Waals surface area (Å²) in [5, 5.41) is 13.0. The van der Waals surface area contributed by atoms with Crippen LogP contribution >= 0.6 is 0 Å². The number of hydrogen-bond donors (Lipinski definition) is 2. The van der Waals surface area contributed by atoms with E-state index in [1.165, 1.54) is 12.1 Å². The molecule has 0 spiro atoms. The first-order valence-electron chi connectivity index (χ1n) is 6.33. The fourth-order valence-electron chi connectivity index (χ4n) is 1.42. The van der Waals surface area contributed by atoms with Crippen LogP contribution in [-0.4, -0.2) is 23.9 Å². The second-order valence-electron chi connectivity index (χ2n) is 4.67. The zero-order chi connectivity index (χ0) is 13.6. The number of rotatable bonds is 7. The molecule has 1 atom stereocenters. The first-order valence-corrected chi connectivity index (χ1v) is 6.33. The van der Waals surface area contributed by atoms with Crippen LogP contribution in [0.3, 0.4) is 0 Å². The summed E-state index contributed by atoms with van der Waals surface area (Å²) in [5.74, 6) is 0.337. The Morgan fingerprint density at radius 2 is 2.11 bits per heavy atom. The van der Waals surface area contributed by atoms with Gasteiger partial charge in [-0.25, -0.2) is 4.39 Å². The second-order valence-corrected chi connectivity index (χ2v) is 4.67. The summed E-state index contributed by atoms with van der Waals surface area (Å²) in [6.45, 7) is 7.17.